The maximum atomic E-state index is 6.15. The number of hydrogen-bond donors (Lipinski definition) is 0. The first-order valence-corrected chi connectivity index (χ1v) is 6.31. The minimum atomic E-state index is 0.496. The van der Waals surface area contributed by atoms with Crippen molar-refractivity contribution in [3.63, 3.8) is 0 Å². The molecule has 4 heteroatoms. The van der Waals surface area contributed by atoms with E-state index >= 15 is 0 Å². The molecule has 0 aliphatic rings. The summed E-state index contributed by atoms with van der Waals surface area (Å²) in [4.78, 5) is 6.49. The summed E-state index contributed by atoms with van der Waals surface area (Å²) in [6.07, 6.45) is 3.97. The summed E-state index contributed by atoms with van der Waals surface area (Å²) in [6.45, 7) is 4.36. The van der Waals surface area contributed by atoms with Crippen LogP contribution < -0.4 is 4.90 Å². The molecule has 0 saturated heterocycles. The van der Waals surface area contributed by atoms with Gasteiger partial charge >= 0.3 is 0 Å². The Bertz CT molecular complexity index is 326. The molecule has 0 unspecified atom stereocenters. The van der Waals surface area contributed by atoms with Gasteiger partial charge < -0.3 is 4.90 Å². The average Bonchev–Trinajstić information content (AvgIpc) is 2.19. The number of anilines is 1. The summed E-state index contributed by atoms with van der Waals surface area (Å²) in [5.41, 5.74) is 0. The molecular formula is C11H16BrClN2. The van der Waals surface area contributed by atoms with Gasteiger partial charge in [0.05, 0.1) is 5.02 Å². The van der Waals surface area contributed by atoms with Crippen LogP contribution in [0.15, 0.2) is 16.7 Å². The standard InChI is InChI=1S/C11H16BrClN2/c1-4-9(5-2)15(3)11-10(13)6-8(12)7-14-11/h6-7,9H,4-5H2,1-3H3. The second-order valence-corrected chi connectivity index (χ2v) is 4.86. The Morgan fingerprint density at radius 2 is 2.07 bits per heavy atom. The number of hydrogen-bond acceptors (Lipinski definition) is 2. The van der Waals surface area contributed by atoms with Crippen LogP contribution in [0.3, 0.4) is 0 Å². The van der Waals surface area contributed by atoms with Crippen LogP contribution in [0.1, 0.15) is 26.7 Å². The molecule has 1 aromatic heterocycles. The Labute approximate surface area is 105 Å². The molecule has 0 atom stereocenters. The van der Waals surface area contributed by atoms with Gasteiger partial charge in [-0.25, -0.2) is 4.98 Å². The number of nitrogens with zero attached hydrogens (tertiary/aromatic N) is 2. The highest BCUT2D eigenvalue weighted by Crippen LogP contribution is 2.27. The highest BCUT2D eigenvalue weighted by atomic mass is 79.9. The van der Waals surface area contributed by atoms with E-state index in [1.807, 2.05) is 13.1 Å². The highest BCUT2D eigenvalue weighted by Gasteiger charge is 2.15. The Kier molecular flexibility index (Phi) is 4.87. The van der Waals surface area contributed by atoms with E-state index in [0.717, 1.165) is 23.1 Å². The van der Waals surface area contributed by atoms with E-state index in [9.17, 15) is 0 Å². The number of rotatable bonds is 4. The van der Waals surface area contributed by atoms with Gasteiger partial charge in [0, 0.05) is 23.8 Å². The van der Waals surface area contributed by atoms with E-state index in [4.69, 9.17) is 11.6 Å². The predicted octanol–water partition coefficient (Wildman–Crippen LogP) is 4.12. The lowest BCUT2D eigenvalue weighted by Crippen LogP contribution is -2.31. The molecule has 0 aliphatic heterocycles. The molecule has 0 fully saturated rings. The third-order valence-corrected chi connectivity index (χ3v) is 3.32. The molecule has 0 saturated carbocycles. The largest absolute Gasteiger partial charge is 0.355 e. The molecule has 0 aromatic carbocycles. The SMILES string of the molecule is CCC(CC)N(C)c1ncc(Br)cc1Cl. The minimum absolute atomic E-state index is 0.496. The molecule has 0 amide bonds. The van der Waals surface area contributed by atoms with Gasteiger partial charge in [0.1, 0.15) is 5.82 Å². The zero-order valence-corrected chi connectivity index (χ0v) is 11.6. The van der Waals surface area contributed by atoms with Crippen molar-refractivity contribution >= 4 is 33.3 Å². The number of aromatic nitrogens is 1. The van der Waals surface area contributed by atoms with E-state index in [1.54, 1.807) is 6.20 Å². The van der Waals surface area contributed by atoms with Crippen molar-refractivity contribution in [1.29, 1.82) is 0 Å². The summed E-state index contributed by atoms with van der Waals surface area (Å²) in [6, 6.07) is 2.37. The second-order valence-electron chi connectivity index (χ2n) is 3.54. The quantitative estimate of drug-likeness (QED) is 0.829. The van der Waals surface area contributed by atoms with Crippen molar-refractivity contribution in [2.24, 2.45) is 0 Å². The zero-order valence-electron chi connectivity index (χ0n) is 9.30. The van der Waals surface area contributed by atoms with Gasteiger partial charge in [0.15, 0.2) is 0 Å². The summed E-state index contributed by atoms with van der Waals surface area (Å²) >= 11 is 9.50. The lowest BCUT2D eigenvalue weighted by molar-refractivity contribution is 0.587. The molecule has 0 aliphatic carbocycles. The normalized spacial score (nSPS) is 10.8. The van der Waals surface area contributed by atoms with E-state index < -0.39 is 0 Å². The summed E-state index contributed by atoms with van der Waals surface area (Å²) in [7, 11) is 2.04. The molecule has 1 heterocycles. The van der Waals surface area contributed by atoms with Crippen LogP contribution in [-0.2, 0) is 0 Å². The van der Waals surface area contributed by atoms with Crippen LogP contribution in [0, 0.1) is 0 Å². The van der Waals surface area contributed by atoms with Gasteiger partial charge in [-0.15, -0.1) is 0 Å². The maximum absolute atomic E-state index is 6.15. The van der Waals surface area contributed by atoms with Crippen molar-refractivity contribution in [3.8, 4) is 0 Å². The van der Waals surface area contributed by atoms with Crippen LogP contribution in [0.25, 0.3) is 0 Å². The summed E-state index contributed by atoms with van der Waals surface area (Å²) in [5.74, 6) is 0.855. The molecule has 2 nitrogen and oxygen atoms in total. The van der Waals surface area contributed by atoms with E-state index in [-0.39, 0.29) is 0 Å². The highest BCUT2D eigenvalue weighted by molar-refractivity contribution is 9.10. The molecule has 0 radical (unpaired) electrons. The van der Waals surface area contributed by atoms with Gasteiger partial charge in [-0.3, -0.25) is 0 Å². The van der Waals surface area contributed by atoms with Gasteiger partial charge in [-0.05, 0) is 34.8 Å². The van der Waals surface area contributed by atoms with Crippen LogP contribution in [-0.4, -0.2) is 18.1 Å². The van der Waals surface area contributed by atoms with E-state index in [1.165, 1.54) is 0 Å². The monoisotopic (exact) mass is 290 g/mol. The van der Waals surface area contributed by atoms with Crippen molar-refractivity contribution in [2.75, 3.05) is 11.9 Å². The van der Waals surface area contributed by atoms with Gasteiger partial charge in [-0.1, -0.05) is 25.4 Å². The van der Waals surface area contributed by atoms with E-state index in [2.05, 4.69) is 39.7 Å². The topological polar surface area (TPSA) is 16.1 Å². The smallest absolute Gasteiger partial charge is 0.147 e. The third-order valence-electron chi connectivity index (χ3n) is 2.61. The van der Waals surface area contributed by atoms with Crippen LogP contribution >= 0.6 is 27.5 Å². The predicted molar refractivity (Wildman–Crippen MR) is 69.7 cm³/mol. The van der Waals surface area contributed by atoms with Crippen molar-refractivity contribution < 1.29 is 0 Å². The molecule has 0 bridgehead atoms. The lowest BCUT2D eigenvalue weighted by atomic mass is 10.1. The summed E-state index contributed by atoms with van der Waals surface area (Å²) in [5, 5.41) is 0.693. The van der Waals surface area contributed by atoms with Crippen molar-refractivity contribution in [2.45, 2.75) is 32.7 Å². The Morgan fingerprint density at radius 1 is 1.47 bits per heavy atom. The molecule has 0 spiro atoms. The van der Waals surface area contributed by atoms with E-state index in [0.29, 0.717) is 11.1 Å². The Morgan fingerprint density at radius 3 is 2.53 bits per heavy atom. The third kappa shape index (κ3) is 3.08. The van der Waals surface area contributed by atoms with Crippen LogP contribution in [0.5, 0.6) is 0 Å². The van der Waals surface area contributed by atoms with Crippen molar-refractivity contribution in [3.05, 3.63) is 21.8 Å². The van der Waals surface area contributed by atoms with Gasteiger partial charge in [-0.2, -0.15) is 0 Å². The molecule has 1 rings (SSSR count). The number of halogens is 2. The zero-order chi connectivity index (χ0) is 11.4. The number of pyridine rings is 1. The van der Waals surface area contributed by atoms with Gasteiger partial charge in [0.25, 0.3) is 0 Å². The lowest BCUT2D eigenvalue weighted by Gasteiger charge is -2.27. The fourth-order valence-electron chi connectivity index (χ4n) is 1.68. The second kappa shape index (κ2) is 5.71. The fraction of sp³-hybridized carbons (Fsp3) is 0.545. The molecule has 15 heavy (non-hydrogen) atoms. The van der Waals surface area contributed by atoms with Crippen LogP contribution in [0.4, 0.5) is 5.82 Å². The average molecular weight is 292 g/mol. The first kappa shape index (κ1) is 12.8. The molecular weight excluding hydrogens is 275 g/mol. The maximum Gasteiger partial charge on any atom is 0.147 e. The first-order valence-electron chi connectivity index (χ1n) is 5.14. The fourth-order valence-corrected chi connectivity index (χ4v) is 2.44. The summed E-state index contributed by atoms with van der Waals surface area (Å²) < 4.78 is 0.911. The van der Waals surface area contributed by atoms with Crippen LogP contribution in [0.2, 0.25) is 5.02 Å². The van der Waals surface area contributed by atoms with Crippen molar-refractivity contribution in [1.82, 2.24) is 4.98 Å². The molecule has 84 valence electrons. The molecule has 0 N–H and O–H groups in total. The molecule has 1 aromatic rings. The van der Waals surface area contributed by atoms with Gasteiger partial charge in [0.2, 0.25) is 0 Å². The minimum Gasteiger partial charge on any atom is -0.355 e. The Balaban J connectivity index is 2.94. The Hall–Kier alpha value is -0.280. The first-order chi connectivity index (χ1) is 7.10.